The maximum absolute atomic E-state index is 12.4. The first kappa shape index (κ1) is 18.9. The van der Waals surface area contributed by atoms with Crippen LogP contribution in [0, 0.1) is 6.92 Å². The monoisotopic (exact) mass is 406 g/mol. The number of anilines is 1. The molecule has 0 aliphatic carbocycles. The molecule has 0 aliphatic heterocycles. The molecule has 0 spiro atoms. The average Bonchev–Trinajstić information content (AvgIpc) is 3.36. The molecule has 6 nitrogen and oxygen atoms in total. The molecule has 4 rings (SSSR count). The molecule has 2 aromatic heterocycles. The molecule has 1 atom stereocenters. The van der Waals surface area contributed by atoms with E-state index in [0.29, 0.717) is 16.5 Å². The molecule has 0 radical (unpaired) electrons. The number of fused-ring (bicyclic) bond motifs is 1. The van der Waals surface area contributed by atoms with Crippen molar-refractivity contribution >= 4 is 39.1 Å². The molecule has 1 amide bonds. The first-order valence-corrected chi connectivity index (χ1v) is 9.85. The van der Waals surface area contributed by atoms with Gasteiger partial charge < -0.3 is 14.5 Å². The quantitative estimate of drug-likeness (QED) is 0.469. The SMILES string of the molecule is Cc1ccc(NC(=O)[C@@H](C)OC(=O)c2ccc(-c3nc4ccccc4s3)o2)cc1. The van der Waals surface area contributed by atoms with Gasteiger partial charge in [0.1, 0.15) is 0 Å². The fourth-order valence-corrected chi connectivity index (χ4v) is 3.62. The van der Waals surface area contributed by atoms with E-state index in [2.05, 4.69) is 10.3 Å². The van der Waals surface area contributed by atoms with Crippen molar-refractivity contribution in [3.05, 3.63) is 72.0 Å². The van der Waals surface area contributed by atoms with E-state index in [4.69, 9.17) is 9.15 Å². The number of hydrogen-bond donors (Lipinski definition) is 1. The van der Waals surface area contributed by atoms with Gasteiger partial charge in [0.15, 0.2) is 16.9 Å². The topological polar surface area (TPSA) is 81.4 Å². The molecule has 1 N–H and O–H groups in total. The number of ether oxygens (including phenoxy) is 1. The second-order valence-corrected chi connectivity index (χ2v) is 7.58. The van der Waals surface area contributed by atoms with Crippen LogP contribution in [0.5, 0.6) is 0 Å². The number of esters is 1. The molecule has 2 aromatic carbocycles. The largest absolute Gasteiger partial charge is 0.447 e. The van der Waals surface area contributed by atoms with Crippen LogP contribution in [0.2, 0.25) is 0 Å². The van der Waals surface area contributed by atoms with Gasteiger partial charge in [-0.05, 0) is 50.2 Å². The Kier molecular flexibility index (Phi) is 5.14. The normalized spacial score (nSPS) is 11.9. The van der Waals surface area contributed by atoms with Crippen molar-refractivity contribution in [2.45, 2.75) is 20.0 Å². The first-order valence-electron chi connectivity index (χ1n) is 9.04. The molecule has 0 unspecified atom stereocenters. The molecule has 4 aromatic rings. The lowest BCUT2D eigenvalue weighted by atomic mass is 10.2. The minimum Gasteiger partial charge on any atom is -0.447 e. The molecule has 29 heavy (non-hydrogen) atoms. The van der Waals surface area contributed by atoms with Crippen molar-refractivity contribution in [3.63, 3.8) is 0 Å². The van der Waals surface area contributed by atoms with Gasteiger partial charge in [-0.2, -0.15) is 0 Å². The van der Waals surface area contributed by atoms with Crippen LogP contribution in [0.15, 0.2) is 65.1 Å². The van der Waals surface area contributed by atoms with E-state index in [0.717, 1.165) is 15.8 Å². The maximum atomic E-state index is 12.4. The Labute approximate surface area is 171 Å². The van der Waals surface area contributed by atoms with Crippen LogP contribution in [0.1, 0.15) is 23.0 Å². The van der Waals surface area contributed by atoms with Gasteiger partial charge in [-0.25, -0.2) is 9.78 Å². The lowest BCUT2D eigenvalue weighted by Gasteiger charge is -2.12. The number of carbonyl (C=O) groups is 2. The Hall–Kier alpha value is -3.45. The molecule has 146 valence electrons. The van der Waals surface area contributed by atoms with E-state index in [9.17, 15) is 9.59 Å². The number of aryl methyl sites for hydroxylation is 1. The van der Waals surface area contributed by atoms with Gasteiger partial charge in [-0.15, -0.1) is 11.3 Å². The molecular weight excluding hydrogens is 388 g/mol. The number of carbonyl (C=O) groups excluding carboxylic acids is 2. The lowest BCUT2D eigenvalue weighted by molar-refractivity contribution is -0.123. The van der Waals surface area contributed by atoms with E-state index < -0.39 is 18.0 Å². The van der Waals surface area contributed by atoms with E-state index >= 15 is 0 Å². The zero-order valence-corrected chi connectivity index (χ0v) is 16.7. The summed E-state index contributed by atoms with van der Waals surface area (Å²) in [6.07, 6.45) is -0.972. The van der Waals surface area contributed by atoms with Crippen LogP contribution in [0.4, 0.5) is 5.69 Å². The van der Waals surface area contributed by atoms with Crippen LogP contribution in [-0.2, 0) is 9.53 Å². The highest BCUT2D eigenvalue weighted by Gasteiger charge is 2.22. The molecule has 0 fully saturated rings. The van der Waals surface area contributed by atoms with E-state index in [1.165, 1.54) is 24.3 Å². The summed E-state index contributed by atoms with van der Waals surface area (Å²) < 4.78 is 11.9. The van der Waals surface area contributed by atoms with Crippen LogP contribution in [-0.4, -0.2) is 23.0 Å². The highest BCUT2D eigenvalue weighted by molar-refractivity contribution is 7.21. The minimum absolute atomic E-state index is 0.0224. The number of thiazole rings is 1. The molecule has 0 saturated heterocycles. The number of hydrogen-bond acceptors (Lipinski definition) is 6. The second kappa shape index (κ2) is 7.89. The number of nitrogens with one attached hydrogen (secondary N) is 1. The van der Waals surface area contributed by atoms with E-state index in [-0.39, 0.29) is 5.76 Å². The summed E-state index contributed by atoms with van der Waals surface area (Å²) in [6.45, 7) is 3.47. The highest BCUT2D eigenvalue weighted by Crippen LogP contribution is 2.31. The van der Waals surface area contributed by atoms with Crippen molar-refractivity contribution in [1.29, 1.82) is 0 Å². The van der Waals surface area contributed by atoms with Gasteiger partial charge >= 0.3 is 5.97 Å². The highest BCUT2D eigenvalue weighted by atomic mass is 32.1. The summed E-state index contributed by atoms with van der Waals surface area (Å²) in [4.78, 5) is 29.1. The van der Waals surface area contributed by atoms with Crippen molar-refractivity contribution < 1.29 is 18.7 Å². The number of benzene rings is 2. The summed E-state index contributed by atoms with van der Waals surface area (Å²) >= 11 is 1.48. The third-order valence-corrected chi connectivity index (χ3v) is 5.33. The zero-order chi connectivity index (χ0) is 20.4. The Balaban J connectivity index is 1.41. The second-order valence-electron chi connectivity index (χ2n) is 6.55. The molecule has 0 aliphatic rings. The zero-order valence-electron chi connectivity index (χ0n) is 15.8. The number of amides is 1. The van der Waals surface area contributed by atoms with Crippen molar-refractivity contribution in [2.75, 3.05) is 5.32 Å². The average molecular weight is 406 g/mol. The maximum Gasteiger partial charge on any atom is 0.375 e. The standard InChI is InChI=1S/C22H18N2O4S/c1-13-7-9-15(10-8-13)23-20(25)14(2)27-22(26)18-12-11-17(28-18)21-24-16-5-3-4-6-19(16)29-21/h3-12,14H,1-2H3,(H,23,25)/t14-/m1/s1. The summed E-state index contributed by atoms with van der Waals surface area (Å²) in [5, 5.41) is 3.39. The number of rotatable bonds is 5. The smallest absolute Gasteiger partial charge is 0.375 e. The third-order valence-electron chi connectivity index (χ3n) is 4.28. The Morgan fingerprint density at radius 3 is 2.59 bits per heavy atom. The van der Waals surface area contributed by atoms with Crippen molar-refractivity contribution in [2.24, 2.45) is 0 Å². The predicted octanol–water partition coefficient (Wildman–Crippen LogP) is 5.05. The van der Waals surface area contributed by atoms with Gasteiger partial charge in [0.05, 0.1) is 10.2 Å². The summed E-state index contributed by atoms with van der Waals surface area (Å²) in [5.41, 5.74) is 2.60. The summed E-state index contributed by atoms with van der Waals surface area (Å²) in [6, 6.07) is 18.3. The Bertz CT molecular complexity index is 1140. The van der Waals surface area contributed by atoms with Gasteiger partial charge in [0, 0.05) is 5.69 Å². The summed E-state index contributed by atoms with van der Waals surface area (Å²) in [5.74, 6) is -0.617. The molecule has 0 saturated carbocycles. The van der Waals surface area contributed by atoms with E-state index in [1.807, 2.05) is 43.3 Å². The Morgan fingerprint density at radius 1 is 1.07 bits per heavy atom. The van der Waals surface area contributed by atoms with Gasteiger partial charge in [0.25, 0.3) is 5.91 Å². The predicted molar refractivity (Wildman–Crippen MR) is 112 cm³/mol. The van der Waals surface area contributed by atoms with Crippen LogP contribution >= 0.6 is 11.3 Å². The van der Waals surface area contributed by atoms with Crippen molar-refractivity contribution in [3.8, 4) is 10.8 Å². The fourth-order valence-electron chi connectivity index (χ4n) is 2.69. The van der Waals surface area contributed by atoms with Crippen LogP contribution in [0.3, 0.4) is 0 Å². The Morgan fingerprint density at radius 2 is 1.83 bits per heavy atom. The number of para-hydroxylation sites is 1. The first-order chi connectivity index (χ1) is 14.0. The van der Waals surface area contributed by atoms with E-state index in [1.54, 1.807) is 18.2 Å². The minimum atomic E-state index is -0.972. The molecule has 2 heterocycles. The third kappa shape index (κ3) is 4.20. The van der Waals surface area contributed by atoms with Gasteiger partial charge in [0.2, 0.25) is 5.76 Å². The van der Waals surface area contributed by atoms with Gasteiger partial charge in [-0.3, -0.25) is 4.79 Å². The van der Waals surface area contributed by atoms with Gasteiger partial charge in [-0.1, -0.05) is 29.8 Å². The summed E-state index contributed by atoms with van der Waals surface area (Å²) in [7, 11) is 0. The number of aromatic nitrogens is 1. The molecular formula is C22H18N2O4S. The molecule has 0 bridgehead atoms. The van der Waals surface area contributed by atoms with Crippen LogP contribution in [0.25, 0.3) is 21.0 Å². The number of furan rings is 1. The lowest BCUT2D eigenvalue weighted by Crippen LogP contribution is -2.29. The van der Waals surface area contributed by atoms with Crippen molar-refractivity contribution in [1.82, 2.24) is 4.98 Å². The van der Waals surface area contributed by atoms with Crippen LogP contribution < -0.4 is 5.32 Å². The molecule has 7 heteroatoms. The number of nitrogens with zero attached hydrogens (tertiary/aromatic N) is 1. The fraction of sp³-hybridized carbons (Fsp3) is 0.136.